The number of ether oxygens (including phenoxy) is 1. The number of hydrogen-bond acceptors (Lipinski definition) is 6. The number of nitrogens with zero attached hydrogens (tertiary/aromatic N) is 1. The first-order valence-corrected chi connectivity index (χ1v) is 11.3. The van der Waals surface area contributed by atoms with Crippen molar-refractivity contribution in [3.8, 4) is 5.75 Å². The molecule has 3 aromatic rings. The van der Waals surface area contributed by atoms with Crippen molar-refractivity contribution in [1.82, 2.24) is 0 Å². The average molecular weight is 472 g/mol. The van der Waals surface area contributed by atoms with Gasteiger partial charge >= 0.3 is 5.97 Å². The van der Waals surface area contributed by atoms with Gasteiger partial charge < -0.3 is 14.9 Å². The first-order valence-electron chi connectivity index (χ1n) is 11.3. The van der Waals surface area contributed by atoms with Gasteiger partial charge in [0.1, 0.15) is 11.5 Å². The van der Waals surface area contributed by atoms with Gasteiger partial charge in [0.05, 0.1) is 23.8 Å². The van der Waals surface area contributed by atoms with Crippen LogP contribution in [0, 0.1) is 0 Å². The smallest absolute Gasteiger partial charge is 0.338 e. The number of benzene rings is 3. The van der Waals surface area contributed by atoms with Gasteiger partial charge in [0.15, 0.2) is 0 Å². The van der Waals surface area contributed by atoms with Gasteiger partial charge in [0.25, 0.3) is 11.7 Å². The maximum atomic E-state index is 13.2. The summed E-state index contributed by atoms with van der Waals surface area (Å²) in [7, 11) is 0. The van der Waals surface area contributed by atoms with Crippen LogP contribution >= 0.6 is 0 Å². The van der Waals surface area contributed by atoms with E-state index in [1.54, 1.807) is 43.3 Å². The van der Waals surface area contributed by atoms with Crippen LogP contribution in [0.15, 0.2) is 78.4 Å². The maximum Gasteiger partial charge on any atom is 0.338 e. The Labute approximate surface area is 202 Å². The Hall–Kier alpha value is -4.39. The molecule has 1 fully saturated rings. The van der Waals surface area contributed by atoms with Gasteiger partial charge in [-0.15, -0.1) is 0 Å². The van der Waals surface area contributed by atoms with Crippen molar-refractivity contribution in [2.24, 2.45) is 0 Å². The Morgan fingerprint density at radius 2 is 1.49 bits per heavy atom. The fourth-order valence-corrected chi connectivity index (χ4v) is 4.10. The monoisotopic (exact) mass is 471 g/mol. The van der Waals surface area contributed by atoms with Gasteiger partial charge in [-0.1, -0.05) is 43.3 Å². The summed E-state index contributed by atoms with van der Waals surface area (Å²) in [5, 5.41) is 20.9. The number of esters is 1. The summed E-state index contributed by atoms with van der Waals surface area (Å²) in [5.41, 5.74) is 2.64. The number of amides is 1. The predicted octanol–water partition coefficient (Wildman–Crippen LogP) is 4.76. The molecule has 7 nitrogen and oxygen atoms in total. The van der Waals surface area contributed by atoms with E-state index >= 15 is 0 Å². The SMILES string of the molecule is CCOC(=O)c1ccc(N2C(=O)C(=O)/C(=C(/O)c3ccc(CC)cc3)C2c2ccc(O)cc2)cc1. The highest BCUT2D eigenvalue weighted by Crippen LogP contribution is 2.42. The number of phenols is 1. The molecular weight excluding hydrogens is 446 g/mol. The summed E-state index contributed by atoms with van der Waals surface area (Å²) < 4.78 is 5.01. The van der Waals surface area contributed by atoms with E-state index < -0.39 is 23.7 Å². The van der Waals surface area contributed by atoms with Crippen LogP contribution in [0.1, 0.15) is 46.9 Å². The Balaban J connectivity index is 1.84. The second-order valence-electron chi connectivity index (χ2n) is 8.08. The Bertz CT molecular complexity index is 1290. The van der Waals surface area contributed by atoms with Crippen molar-refractivity contribution in [1.29, 1.82) is 0 Å². The standard InChI is InChI=1S/C28H25NO6/c1-3-17-5-7-19(8-6-17)25(31)23-24(18-11-15-22(30)16-12-18)29(27(33)26(23)32)21-13-9-20(10-14-21)28(34)35-4-2/h5-16,24,30-31H,3-4H2,1-2H3/b25-23+. The lowest BCUT2D eigenvalue weighted by Gasteiger charge is -2.25. The lowest BCUT2D eigenvalue weighted by molar-refractivity contribution is -0.132. The minimum atomic E-state index is -0.935. The topological polar surface area (TPSA) is 104 Å². The summed E-state index contributed by atoms with van der Waals surface area (Å²) in [5.74, 6) is -2.38. The van der Waals surface area contributed by atoms with E-state index in [4.69, 9.17) is 4.74 Å². The first-order chi connectivity index (χ1) is 16.8. The van der Waals surface area contributed by atoms with Crippen LogP contribution in [0.5, 0.6) is 5.75 Å². The fourth-order valence-electron chi connectivity index (χ4n) is 4.10. The van der Waals surface area contributed by atoms with Crippen LogP contribution in [-0.2, 0) is 20.7 Å². The molecule has 1 unspecified atom stereocenters. The van der Waals surface area contributed by atoms with Gasteiger partial charge in [-0.25, -0.2) is 4.79 Å². The van der Waals surface area contributed by atoms with E-state index in [1.807, 2.05) is 19.1 Å². The van der Waals surface area contributed by atoms with Crippen molar-refractivity contribution in [2.45, 2.75) is 26.3 Å². The van der Waals surface area contributed by atoms with Crippen LogP contribution in [0.2, 0.25) is 0 Å². The number of carbonyl (C=O) groups excluding carboxylic acids is 3. The molecule has 7 heteroatoms. The molecule has 0 radical (unpaired) electrons. The number of aromatic hydroxyl groups is 1. The van der Waals surface area contributed by atoms with Crippen molar-refractivity contribution in [3.05, 3.63) is 101 Å². The van der Waals surface area contributed by atoms with E-state index in [0.717, 1.165) is 12.0 Å². The summed E-state index contributed by atoms with van der Waals surface area (Å²) in [6, 6.07) is 18.4. The van der Waals surface area contributed by atoms with Crippen molar-refractivity contribution in [3.63, 3.8) is 0 Å². The quantitative estimate of drug-likeness (QED) is 0.233. The molecular formula is C28H25NO6. The van der Waals surface area contributed by atoms with Gasteiger partial charge in [-0.05, 0) is 60.9 Å². The van der Waals surface area contributed by atoms with Gasteiger partial charge in [0.2, 0.25) is 0 Å². The minimum absolute atomic E-state index is 0.0274. The third-order valence-electron chi connectivity index (χ3n) is 5.95. The summed E-state index contributed by atoms with van der Waals surface area (Å²) >= 11 is 0. The van der Waals surface area contributed by atoms with Crippen molar-refractivity contribution in [2.75, 3.05) is 11.5 Å². The lowest BCUT2D eigenvalue weighted by Crippen LogP contribution is -2.29. The number of aliphatic hydroxyl groups is 1. The average Bonchev–Trinajstić information content (AvgIpc) is 3.14. The Morgan fingerprint density at radius 3 is 2.06 bits per heavy atom. The van der Waals surface area contributed by atoms with Gasteiger partial charge in [-0.3, -0.25) is 14.5 Å². The zero-order valence-electron chi connectivity index (χ0n) is 19.4. The summed E-state index contributed by atoms with van der Waals surface area (Å²) in [4.78, 5) is 39.7. The molecule has 2 N–H and O–H groups in total. The van der Waals surface area contributed by atoms with Crippen molar-refractivity contribution < 1.29 is 29.3 Å². The molecule has 0 spiro atoms. The third kappa shape index (κ3) is 4.53. The third-order valence-corrected chi connectivity index (χ3v) is 5.95. The molecule has 0 saturated carbocycles. The van der Waals surface area contributed by atoms with E-state index in [1.165, 1.54) is 29.2 Å². The summed E-state index contributed by atoms with van der Waals surface area (Å²) in [6.45, 7) is 3.95. The number of hydrogen-bond donors (Lipinski definition) is 2. The van der Waals surface area contributed by atoms with Crippen LogP contribution in [0.25, 0.3) is 5.76 Å². The number of Topliss-reactive ketones (excluding diaryl/α,β-unsaturated/α-hetero) is 1. The molecule has 3 aromatic carbocycles. The molecule has 0 aromatic heterocycles. The lowest BCUT2D eigenvalue weighted by atomic mass is 9.94. The van der Waals surface area contributed by atoms with Gasteiger partial charge in [-0.2, -0.15) is 0 Å². The Morgan fingerprint density at radius 1 is 0.886 bits per heavy atom. The zero-order valence-corrected chi connectivity index (χ0v) is 19.4. The first kappa shape index (κ1) is 23.8. The van der Waals surface area contributed by atoms with Crippen LogP contribution < -0.4 is 4.90 Å². The number of aliphatic hydroxyl groups excluding tert-OH is 1. The minimum Gasteiger partial charge on any atom is -0.508 e. The van der Waals surface area contributed by atoms with E-state index in [0.29, 0.717) is 22.4 Å². The number of phenolic OH excluding ortho intramolecular Hbond substituents is 1. The molecule has 1 aliphatic heterocycles. The molecule has 1 saturated heterocycles. The number of aryl methyl sites for hydroxylation is 1. The molecule has 178 valence electrons. The Kier molecular flexibility index (Phi) is 6.68. The summed E-state index contributed by atoms with van der Waals surface area (Å²) in [6.07, 6.45) is 0.820. The van der Waals surface area contributed by atoms with E-state index in [9.17, 15) is 24.6 Å². The second kappa shape index (κ2) is 9.85. The maximum absolute atomic E-state index is 13.2. The second-order valence-corrected chi connectivity index (χ2v) is 8.08. The van der Waals surface area contributed by atoms with Crippen LogP contribution in [0.4, 0.5) is 5.69 Å². The van der Waals surface area contributed by atoms with E-state index in [2.05, 4.69) is 0 Å². The largest absolute Gasteiger partial charge is 0.508 e. The number of ketones is 1. The normalized spacial score (nSPS) is 17.0. The zero-order chi connectivity index (χ0) is 25.1. The molecule has 0 bridgehead atoms. The molecule has 1 atom stereocenters. The highest BCUT2D eigenvalue weighted by molar-refractivity contribution is 6.51. The highest BCUT2D eigenvalue weighted by atomic mass is 16.5. The molecule has 1 amide bonds. The molecule has 4 rings (SSSR count). The van der Waals surface area contributed by atoms with Crippen LogP contribution in [-0.4, -0.2) is 34.5 Å². The molecule has 1 aliphatic rings. The van der Waals surface area contributed by atoms with Crippen molar-refractivity contribution >= 4 is 29.1 Å². The van der Waals surface area contributed by atoms with Crippen LogP contribution in [0.3, 0.4) is 0 Å². The molecule has 1 heterocycles. The number of carbonyl (C=O) groups is 3. The van der Waals surface area contributed by atoms with E-state index in [-0.39, 0.29) is 23.7 Å². The number of anilines is 1. The highest BCUT2D eigenvalue weighted by Gasteiger charge is 2.47. The predicted molar refractivity (Wildman–Crippen MR) is 131 cm³/mol. The number of rotatable bonds is 6. The van der Waals surface area contributed by atoms with Gasteiger partial charge in [0, 0.05) is 11.3 Å². The fraction of sp³-hybridized carbons (Fsp3) is 0.179. The molecule has 0 aliphatic carbocycles. The molecule has 35 heavy (non-hydrogen) atoms.